The first-order chi connectivity index (χ1) is 7.81. The Morgan fingerprint density at radius 3 is 2.81 bits per heavy atom. The van der Waals surface area contributed by atoms with Crippen LogP contribution in [0.1, 0.15) is 51.1 Å². The molecule has 2 nitrogen and oxygen atoms in total. The molecule has 1 heterocycles. The standard InChI is InChI=1S/C14H22N2/c1-3-12-5-4-6-14(12)16-11(2)13-7-9-15-10-8-13/h7-12,14,16H,3-6H2,1-2H3. The monoisotopic (exact) mass is 218 g/mol. The Labute approximate surface area is 98.5 Å². The summed E-state index contributed by atoms with van der Waals surface area (Å²) in [6.45, 7) is 4.56. The summed E-state index contributed by atoms with van der Waals surface area (Å²) in [6.07, 6.45) is 9.18. The molecule has 0 saturated heterocycles. The third-order valence-electron chi connectivity index (χ3n) is 3.85. The van der Waals surface area contributed by atoms with Crippen LogP contribution < -0.4 is 5.32 Å². The number of nitrogens with zero attached hydrogens (tertiary/aromatic N) is 1. The van der Waals surface area contributed by atoms with E-state index in [4.69, 9.17) is 0 Å². The van der Waals surface area contributed by atoms with Crippen LogP contribution in [-0.2, 0) is 0 Å². The van der Waals surface area contributed by atoms with Gasteiger partial charge in [-0.05, 0) is 43.4 Å². The number of pyridine rings is 1. The summed E-state index contributed by atoms with van der Waals surface area (Å²) in [6, 6.07) is 5.37. The molecule has 0 spiro atoms. The van der Waals surface area contributed by atoms with Crippen LogP contribution in [0.15, 0.2) is 24.5 Å². The minimum Gasteiger partial charge on any atom is -0.307 e. The molecule has 88 valence electrons. The van der Waals surface area contributed by atoms with E-state index in [1.54, 1.807) is 0 Å². The quantitative estimate of drug-likeness (QED) is 0.838. The summed E-state index contributed by atoms with van der Waals surface area (Å²) in [7, 11) is 0. The highest BCUT2D eigenvalue weighted by Gasteiger charge is 2.26. The van der Waals surface area contributed by atoms with Crippen molar-refractivity contribution in [2.45, 2.75) is 51.6 Å². The second kappa shape index (κ2) is 5.44. The molecular formula is C14H22N2. The Bertz CT molecular complexity index is 310. The lowest BCUT2D eigenvalue weighted by Crippen LogP contribution is -2.34. The van der Waals surface area contributed by atoms with Gasteiger partial charge in [0.25, 0.3) is 0 Å². The highest BCUT2D eigenvalue weighted by Crippen LogP contribution is 2.29. The predicted molar refractivity (Wildman–Crippen MR) is 67.2 cm³/mol. The summed E-state index contributed by atoms with van der Waals surface area (Å²) in [5.74, 6) is 0.879. The van der Waals surface area contributed by atoms with Gasteiger partial charge in [0.15, 0.2) is 0 Å². The summed E-state index contributed by atoms with van der Waals surface area (Å²) >= 11 is 0. The fourth-order valence-electron chi connectivity index (χ4n) is 2.81. The first-order valence-corrected chi connectivity index (χ1v) is 6.47. The van der Waals surface area contributed by atoms with E-state index in [1.165, 1.54) is 31.2 Å². The van der Waals surface area contributed by atoms with Crippen molar-refractivity contribution in [2.75, 3.05) is 0 Å². The van der Waals surface area contributed by atoms with Gasteiger partial charge in [-0.1, -0.05) is 19.8 Å². The van der Waals surface area contributed by atoms with Gasteiger partial charge >= 0.3 is 0 Å². The molecule has 3 unspecified atom stereocenters. The van der Waals surface area contributed by atoms with Crippen LogP contribution in [0, 0.1) is 5.92 Å². The van der Waals surface area contributed by atoms with Gasteiger partial charge in [0.1, 0.15) is 0 Å². The number of hydrogen-bond acceptors (Lipinski definition) is 2. The molecule has 1 aromatic heterocycles. The van der Waals surface area contributed by atoms with Crippen molar-refractivity contribution in [1.82, 2.24) is 10.3 Å². The first-order valence-electron chi connectivity index (χ1n) is 6.47. The molecule has 1 saturated carbocycles. The molecule has 0 bridgehead atoms. The molecule has 0 amide bonds. The van der Waals surface area contributed by atoms with Crippen molar-refractivity contribution in [3.8, 4) is 0 Å². The lowest BCUT2D eigenvalue weighted by atomic mass is 9.99. The smallest absolute Gasteiger partial charge is 0.0295 e. The van der Waals surface area contributed by atoms with E-state index < -0.39 is 0 Å². The fourth-order valence-corrected chi connectivity index (χ4v) is 2.81. The minimum atomic E-state index is 0.445. The van der Waals surface area contributed by atoms with Gasteiger partial charge in [0, 0.05) is 24.5 Å². The van der Waals surface area contributed by atoms with E-state index in [-0.39, 0.29) is 0 Å². The molecule has 1 aliphatic rings. The summed E-state index contributed by atoms with van der Waals surface area (Å²) < 4.78 is 0. The van der Waals surface area contributed by atoms with Gasteiger partial charge < -0.3 is 5.32 Å². The average Bonchev–Trinajstić information content (AvgIpc) is 2.77. The van der Waals surface area contributed by atoms with Crippen molar-refractivity contribution in [3.63, 3.8) is 0 Å². The summed E-state index contributed by atoms with van der Waals surface area (Å²) in [5.41, 5.74) is 1.34. The van der Waals surface area contributed by atoms with Gasteiger partial charge in [-0.2, -0.15) is 0 Å². The number of hydrogen-bond donors (Lipinski definition) is 1. The Kier molecular flexibility index (Phi) is 3.94. The summed E-state index contributed by atoms with van der Waals surface area (Å²) in [5, 5.41) is 3.77. The molecule has 2 rings (SSSR count). The van der Waals surface area contributed by atoms with Gasteiger partial charge in [0.2, 0.25) is 0 Å². The average molecular weight is 218 g/mol. The van der Waals surface area contributed by atoms with Crippen molar-refractivity contribution in [2.24, 2.45) is 5.92 Å². The topological polar surface area (TPSA) is 24.9 Å². The van der Waals surface area contributed by atoms with E-state index in [0.29, 0.717) is 12.1 Å². The lowest BCUT2D eigenvalue weighted by Gasteiger charge is -2.24. The van der Waals surface area contributed by atoms with Crippen molar-refractivity contribution < 1.29 is 0 Å². The fraction of sp³-hybridized carbons (Fsp3) is 0.643. The Hall–Kier alpha value is -0.890. The second-order valence-corrected chi connectivity index (χ2v) is 4.87. The van der Waals surface area contributed by atoms with Crippen LogP contribution in [0.2, 0.25) is 0 Å². The van der Waals surface area contributed by atoms with Crippen molar-refractivity contribution >= 4 is 0 Å². The van der Waals surface area contributed by atoms with Crippen LogP contribution in [0.4, 0.5) is 0 Å². The molecule has 0 aromatic carbocycles. The molecule has 2 heteroatoms. The SMILES string of the molecule is CCC1CCCC1NC(C)c1ccncc1. The van der Waals surface area contributed by atoms with Gasteiger partial charge in [-0.3, -0.25) is 4.98 Å². The maximum absolute atomic E-state index is 4.06. The normalized spacial score (nSPS) is 26.9. The van der Waals surface area contributed by atoms with Gasteiger partial charge in [-0.25, -0.2) is 0 Å². The maximum Gasteiger partial charge on any atom is 0.0295 e. The second-order valence-electron chi connectivity index (χ2n) is 4.87. The predicted octanol–water partition coefficient (Wildman–Crippen LogP) is 3.31. The molecule has 3 atom stereocenters. The van der Waals surface area contributed by atoms with Gasteiger partial charge in [-0.15, -0.1) is 0 Å². The van der Waals surface area contributed by atoms with Crippen molar-refractivity contribution in [3.05, 3.63) is 30.1 Å². The molecular weight excluding hydrogens is 196 g/mol. The Balaban J connectivity index is 1.94. The first kappa shape index (κ1) is 11.6. The number of rotatable bonds is 4. The maximum atomic E-state index is 4.06. The van der Waals surface area contributed by atoms with Crippen LogP contribution in [0.3, 0.4) is 0 Å². The molecule has 1 fully saturated rings. The molecule has 0 radical (unpaired) electrons. The van der Waals surface area contributed by atoms with E-state index in [9.17, 15) is 0 Å². The third-order valence-corrected chi connectivity index (χ3v) is 3.85. The zero-order chi connectivity index (χ0) is 11.4. The van der Waals surface area contributed by atoms with E-state index in [2.05, 4.69) is 36.3 Å². The van der Waals surface area contributed by atoms with Crippen LogP contribution in [-0.4, -0.2) is 11.0 Å². The highest BCUT2D eigenvalue weighted by molar-refractivity contribution is 5.14. The zero-order valence-corrected chi connectivity index (χ0v) is 10.3. The Morgan fingerprint density at radius 2 is 2.12 bits per heavy atom. The highest BCUT2D eigenvalue weighted by atomic mass is 15.0. The lowest BCUT2D eigenvalue weighted by molar-refractivity contribution is 0.360. The Morgan fingerprint density at radius 1 is 1.38 bits per heavy atom. The van der Waals surface area contributed by atoms with E-state index in [0.717, 1.165) is 5.92 Å². The summed E-state index contributed by atoms with van der Waals surface area (Å²) in [4.78, 5) is 4.06. The molecule has 16 heavy (non-hydrogen) atoms. The van der Waals surface area contributed by atoms with Crippen LogP contribution >= 0.6 is 0 Å². The molecule has 1 aliphatic carbocycles. The number of nitrogens with one attached hydrogen (secondary N) is 1. The molecule has 1 aromatic rings. The van der Waals surface area contributed by atoms with Crippen LogP contribution in [0.5, 0.6) is 0 Å². The van der Waals surface area contributed by atoms with Crippen LogP contribution in [0.25, 0.3) is 0 Å². The third kappa shape index (κ3) is 2.62. The number of aromatic nitrogens is 1. The molecule has 1 N–H and O–H groups in total. The van der Waals surface area contributed by atoms with E-state index in [1.807, 2.05) is 12.4 Å². The van der Waals surface area contributed by atoms with Gasteiger partial charge in [0.05, 0.1) is 0 Å². The van der Waals surface area contributed by atoms with Crippen molar-refractivity contribution in [1.29, 1.82) is 0 Å². The minimum absolute atomic E-state index is 0.445. The zero-order valence-electron chi connectivity index (χ0n) is 10.3. The largest absolute Gasteiger partial charge is 0.307 e. The van der Waals surface area contributed by atoms with E-state index >= 15 is 0 Å². The molecule has 0 aliphatic heterocycles.